The number of rotatable bonds is 7. The minimum atomic E-state index is -3.64. The topological polar surface area (TPSA) is 93.4 Å². The highest BCUT2D eigenvalue weighted by Crippen LogP contribution is 2.15. The van der Waals surface area contributed by atoms with Gasteiger partial charge in [-0.3, -0.25) is 0 Å². The van der Waals surface area contributed by atoms with Crippen LogP contribution in [0.5, 0.6) is 0 Å². The molecule has 18 heavy (non-hydrogen) atoms. The number of sulfonamides is 1. The van der Waals surface area contributed by atoms with Crippen LogP contribution in [-0.4, -0.2) is 55.4 Å². The van der Waals surface area contributed by atoms with Crippen molar-refractivity contribution in [1.29, 1.82) is 5.26 Å². The van der Waals surface area contributed by atoms with Gasteiger partial charge in [0.2, 0.25) is 10.0 Å². The molecule has 0 aromatic rings. The molecule has 1 fully saturated rings. The van der Waals surface area contributed by atoms with Crippen LogP contribution < -0.4 is 5.32 Å². The largest absolute Gasteiger partial charge is 0.395 e. The summed E-state index contributed by atoms with van der Waals surface area (Å²) in [6, 6.07) is 1.95. The van der Waals surface area contributed by atoms with E-state index >= 15 is 0 Å². The van der Waals surface area contributed by atoms with E-state index in [1.165, 1.54) is 4.31 Å². The first-order chi connectivity index (χ1) is 8.56. The van der Waals surface area contributed by atoms with E-state index in [0.717, 1.165) is 19.4 Å². The third-order valence-electron chi connectivity index (χ3n) is 3.17. The van der Waals surface area contributed by atoms with Crippen molar-refractivity contribution in [1.82, 2.24) is 9.62 Å². The highest BCUT2D eigenvalue weighted by molar-refractivity contribution is 7.90. The van der Waals surface area contributed by atoms with Crippen LogP contribution >= 0.6 is 0 Å². The lowest BCUT2D eigenvalue weighted by molar-refractivity contribution is 0.245. The van der Waals surface area contributed by atoms with Crippen LogP contribution in [0.25, 0.3) is 0 Å². The summed E-state index contributed by atoms with van der Waals surface area (Å²) in [5, 5.41) is 20.1. The predicted octanol–water partition coefficient (Wildman–Crippen LogP) is -0.335. The third-order valence-corrected chi connectivity index (χ3v) is 5.38. The Hall–Kier alpha value is -0.680. The predicted molar refractivity (Wildman–Crippen MR) is 68.3 cm³/mol. The van der Waals surface area contributed by atoms with Crippen LogP contribution in [0.15, 0.2) is 0 Å². The first kappa shape index (κ1) is 15.4. The molecule has 2 unspecified atom stereocenters. The molecule has 1 aliphatic heterocycles. The van der Waals surface area contributed by atoms with Crippen LogP contribution in [0.4, 0.5) is 0 Å². The molecule has 2 N–H and O–H groups in total. The zero-order chi connectivity index (χ0) is 13.6. The van der Waals surface area contributed by atoms with Crippen LogP contribution in [0.3, 0.4) is 0 Å². The van der Waals surface area contributed by atoms with Crippen molar-refractivity contribution in [3.05, 3.63) is 0 Å². The number of nitrogens with one attached hydrogen (secondary N) is 1. The number of aliphatic hydroxyl groups excluding tert-OH is 1. The molecular formula is C11H21N3O3S. The molecule has 0 saturated carbocycles. The fraction of sp³-hybridized carbons (Fsp3) is 0.909. The first-order valence-corrected chi connectivity index (χ1v) is 7.79. The average Bonchev–Trinajstić information content (AvgIpc) is 2.82. The van der Waals surface area contributed by atoms with Gasteiger partial charge >= 0.3 is 0 Å². The van der Waals surface area contributed by atoms with Gasteiger partial charge in [-0.15, -0.1) is 0 Å². The fourth-order valence-corrected chi connectivity index (χ4v) is 3.78. The Bertz CT molecular complexity index is 385. The lowest BCUT2D eigenvalue weighted by atomic mass is 10.2. The van der Waals surface area contributed by atoms with Gasteiger partial charge in [-0.05, 0) is 25.8 Å². The third kappa shape index (κ3) is 3.65. The highest BCUT2D eigenvalue weighted by Gasteiger charge is 2.32. The van der Waals surface area contributed by atoms with E-state index in [2.05, 4.69) is 5.32 Å². The highest BCUT2D eigenvalue weighted by atomic mass is 32.2. The maximum Gasteiger partial charge on any atom is 0.230 e. The standard InChI is InChI=1S/C11H21N3O3S/c1-2-11(8-12)18(16,17)14(6-7-15)9-10-4-3-5-13-10/h10-11,13,15H,2-7,9H2,1H3. The smallest absolute Gasteiger partial charge is 0.230 e. The summed E-state index contributed by atoms with van der Waals surface area (Å²) in [6.45, 7) is 2.73. The summed E-state index contributed by atoms with van der Waals surface area (Å²) in [5.41, 5.74) is 0. The van der Waals surface area contributed by atoms with E-state index in [1.54, 1.807) is 6.92 Å². The minimum absolute atomic E-state index is 0.0543. The Balaban J connectivity index is 2.79. The molecule has 0 amide bonds. The zero-order valence-corrected chi connectivity index (χ0v) is 11.5. The normalized spacial score (nSPS) is 22.0. The second-order valence-electron chi connectivity index (χ2n) is 4.45. The summed E-state index contributed by atoms with van der Waals surface area (Å²) < 4.78 is 25.7. The van der Waals surface area contributed by atoms with E-state index in [9.17, 15) is 8.42 Å². The van der Waals surface area contributed by atoms with Gasteiger partial charge < -0.3 is 10.4 Å². The molecule has 1 saturated heterocycles. The van der Waals surface area contributed by atoms with Crippen LogP contribution in [0.1, 0.15) is 26.2 Å². The Morgan fingerprint density at radius 2 is 2.33 bits per heavy atom. The Morgan fingerprint density at radius 3 is 2.78 bits per heavy atom. The lowest BCUT2D eigenvalue weighted by Gasteiger charge is -2.26. The van der Waals surface area contributed by atoms with Crippen LogP contribution in [0.2, 0.25) is 0 Å². The van der Waals surface area contributed by atoms with E-state index < -0.39 is 15.3 Å². The van der Waals surface area contributed by atoms with Crippen LogP contribution in [0, 0.1) is 11.3 Å². The Kier molecular flexibility index (Phi) is 6.02. The molecule has 0 aromatic carbocycles. The molecule has 1 rings (SSSR count). The van der Waals surface area contributed by atoms with E-state index in [1.807, 2.05) is 6.07 Å². The summed E-state index contributed by atoms with van der Waals surface area (Å²) in [6.07, 6.45) is 2.23. The summed E-state index contributed by atoms with van der Waals surface area (Å²) >= 11 is 0. The summed E-state index contributed by atoms with van der Waals surface area (Å²) in [7, 11) is -3.64. The number of nitrogens with zero attached hydrogens (tertiary/aromatic N) is 2. The monoisotopic (exact) mass is 275 g/mol. The second kappa shape index (κ2) is 7.04. The van der Waals surface area contributed by atoms with E-state index in [-0.39, 0.29) is 25.6 Å². The molecule has 0 aromatic heterocycles. The zero-order valence-electron chi connectivity index (χ0n) is 10.7. The van der Waals surface area contributed by atoms with Gasteiger partial charge in [-0.2, -0.15) is 9.57 Å². The Morgan fingerprint density at radius 1 is 1.61 bits per heavy atom. The van der Waals surface area contributed by atoms with E-state index in [4.69, 9.17) is 10.4 Å². The maximum atomic E-state index is 12.2. The molecule has 1 heterocycles. The molecule has 7 heteroatoms. The molecule has 0 aliphatic carbocycles. The van der Waals surface area contributed by atoms with Gasteiger partial charge in [0.1, 0.15) is 0 Å². The molecule has 0 radical (unpaired) electrons. The molecule has 0 bridgehead atoms. The lowest BCUT2D eigenvalue weighted by Crippen LogP contribution is -2.45. The van der Waals surface area contributed by atoms with Crippen molar-refractivity contribution < 1.29 is 13.5 Å². The van der Waals surface area contributed by atoms with Crippen molar-refractivity contribution >= 4 is 10.0 Å². The van der Waals surface area contributed by atoms with Crippen LogP contribution in [-0.2, 0) is 10.0 Å². The molecule has 2 atom stereocenters. The van der Waals surface area contributed by atoms with Crippen molar-refractivity contribution in [2.24, 2.45) is 0 Å². The van der Waals surface area contributed by atoms with Gasteiger partial charge in [0.05, 0.1) is 12.7 Å². The van der Waals surface area contributed by atoms with Gasteiger partial charge in [0.25, 0.3) is 0 Å². The SMILES string of the molecule is CCC(C#N)S(=O)(=O)N(CCO)CC1CCCN1. The second-order valence-corrected chi connectivity index (χ2v) is 6.56. The number of nitriles is 1. The molecule has 104 valence electrons. The molecule has 6 nitrogen and oxygen atoms in total. The quantitative estimate of drug-likeness (QED) is 0.663. The average molecular weight is 275 g/mol. The molecule has 1 aliphatic rings. The van der Waals surface area contributed by atoms with Crippen molar-refractivity contribution in [3.8, 4) is 6.07 Å². The van der Waals surface area contributed by atoms with Crippen molar-refractivity contribution in [3.63, 3.8) is 0 Å². The fourth-order valence-electron chi connectivity index (χ4n) is 2.14. The summed E-state index contributed by atoms with van der Waals surface area (Å²) in [4.78, 5) is 0. The van der Waals surface area contributed by atoms with Gasteiger partial charge in [-0.25, -0.2) is 8.42 Å². The first-order valence-electron chi connectivity index (χ1n) is 6.29. The Labute approximate surface area is 109 Å². The number of aliphatic hydroxyl groups is 1. The molecular weight excluding hydrogens is 254 g/mol. The summed E-state index contributed by atoms with van der Waals surface area (Å²) in [5.74, 6) is 0. The van der Waals surface area contributed by atoms with Gasteiger partial charge in [-0.1, -0.05) is 6.92 Å². The molecule has 0 spiro atoms. The van der Waals surface area contributed by atoms with Crippen molar-refractivity contribution in [2.45, 2.75) is 37.5 Å². The van der Waals surface area contributed by atoms with Crippen molar-refractivity contribution in [2.75, 3.05) is 26.2 Å². The number of hydrogen-bond acceptors (Lipinski definition) is 5. The maximum absolute atomic E-state index is 12.2. The van der Waals surface area contributed by atoms with Gasteiger partial charge in [0.15, 0.2) is 5.25 Å². The number of hydrogen-bond donors (Lipinski definition) is 2. The van der Waals surface area contributed by atoms with E-state index in [0.29, 0.717) is 6.54 Å². The van der Waals surface area contributed by atoms with Gasteiger partial charge in [0, 0.05) is 19.1 Å². The minimum Gasteiger partial charge on any atom is -0.395 e.